The van der Waals surface area contributed by atoms with Crippen molar-refractivity contribution in [3.05, 3.63) is 41.5 Å². The number of alkyl halides is 3. The topological polar surface area (TPSA) is 32.3 Å². The van der Waals surface area contributed by atoms with E-state index in [1.54, 1.807) is 17.9 Å². The van der Waals surface area contributed by atoms with Gasteiger partial charge in [0.15, 0.2) is 0 Å². The van der Waals surface area contributed by atoms with Crippen molar-refractivity contribution in [2.45, 2.75) is 25.9 Å². The summed E-state index contributed by atoms with van der Waals surface area (Å²) >= 11 is 0. The summed E-state index contributed by atoms with van der Waals surface area (Å²) in [6.07, 6.45) is -1.13. The second-order valence-electron chi connectivity index (χ2n) is 6.22. The molecule has 1 atom stereocenters. The highest BCUT2D eigenvalue weighted by molar-refractivity contribution is 5.95. The third-order valence-corrected chi connectivity index (χ3v) is 4.32. The maximum absolute atomic E-state index is 13.1. The number of carbonyl (C=O) groups is 1. The smallest absolute Gasteiger partial charge is 0.339 e. The maximum Gasteiger partial charge on any atom is 0.416 e. The molecule has 1 aromatic carbocycles. The number of benzene rings is 1. The zero-order valence-electron chi connectivity index (χ0n) is 14.0. The highest BCUT2D eigenvalue weighted by Gasteiger charge is 2.33. The summed E-state index contributed by atoms with van der Waals surface area (Å²) in [5, 5.41) is 3.11. The van der Waals surface area contributed by atoms with Gasteiger partial charge in [-0.15, -0.1) is 0 Å². The van der Waals surface area contributed by atoms with E-state index in [-0.39, 0.29) is 11.5 Å². The Bertz CT molecular complexity index is 609. The van der Waals surface area contributed by atoms with Crippen molar-refractivity contribution in [3.63, 3.8) is 0 Å². The Balaban J connectivity index is 2.17. The van der Waals surface area contributed by atoms with E-state index < -0.39 is 11.7 Å². The third-order valence-electron chi connectivity index (χ3n) is 4.32. The van der Waals surface area contributed by atoms with Crippen molar-refractivity contribution in [2.75, 3.05) is 26.7 Å². The second kappa shape index (κ2) is 7.83. The number of hydrogen-bond acceptors (Lipinski definition) is 2. The molecule has 1 amide bonds. The van der Waals surface area contributed by atoms with Gasteiger partial charge in [-0.3, -0.25) is 4.79 Å². The van der Waals surface area contributed by atoms with Crippen LogP contribution in [0.3, 0.4) is 0 Å². The monoisotopic (exact) mass is 340 g/mol. The summed E-state index contributed by atoms with van der Waals surface area (Å²) in [7, 11) is 1.87. The Morgan fingerprint density at radius 3 is 2.75 bits per heavy atom. The molecule has 1 saturated heterocycles. The fraction of sp³-hybridized carbons (Fsp3) is 0.500. The first kappa shape index (κ1) is 18.5. The van der Waals surface area contributed by atoms with Gasteiger partial charge in [0.1, 0.15) is 0 Å². The number of carbonyl (C=O) groups excluding carboxylic acids is 1. The van der Waals surface area contributed by atoms with Gasteiger partial charge in [-0.1, -0.05) is 18.2 Å². The van der Waals surface area contributed by atoms with Crippen LogP contribution in [-0.2, 0) is 11.0 Å². The van der Waals surface area contributed by atoms with Crippen LogP contribution in [0, 0.1) is 5.92 Å². The molecule has 24 heavy (non-hydrogen) atoms. The Kier molecular flexibility index (Phi) is 6.04. The minimum atomic E-state index is -4.43. The molecule has 1 aliphatic heterocycles. The molecule has 6 heteroatoms. The van der Waals surface area contributed by atoms with Crippen molar-refractivity contribution in [2.24, 2.45) is 5.92 Å². The van der Waals surface area contributed by atoms with E-state index in [1.807, 2.05) is 7.05 Å². The molecule has 2 rings (SSSR count). The normalized spacial score (nSPS) is 19.5. The van der Waals surface area contributed by atoms with Crippen LogP contribution in [0.5, 0.6) is 0 Å². The maximum atomic E-state index is 13.1. The lowest BCUT2D eigenvalue weighted by Gasteiger charge is -2.32. The van der Waals surface area contributed by atoms with Gasteiger partial charge in [-0.2, -0.15) is 13.2 Å². The van der Waals surface area contributed by atoms with Gasteiger partial charge in [-0.25, -0.2) is 0 Å². The number of likely N-dealkylation sites (tertiary alicyclic amines) is 1. The van der Waals surface area contributed by atoms with Crippen molar-refractivity contribution in [1.29, 1.82) is 0 Å². The number of piperidine rings is 1. The molecular formula is C18H23F3N2O. The van der Waals surface area contributed by atoms with E-state index in [1.165, 1.54) is 18.2 Å². The Hall–Kier alpha value is -1.82. The Morgan fingerprint density at radius 1 is 1.38 bits per heavy atom. The van der Waals surface area contributed by atoms with E-state index in [2.05, 4.69) is 5.32 Å². The lowest BCUT2D eigenvalue weighted by Crippen LogP contribution is -2.41. The molecule has 132 valence electrons. The van der Waals surface area contributed by atoms with Crippen LogP contribution in [0.25, 0.3) is 5.57 Å². The minimum Gasteiger partial charge on any atom is -0.339 e. The number of hydrogen-bond donors (Lipinski definition) is 1. The first-order chi connectivity index (χ1) is 11.3. The number of nitrogens with one attached hydrogen (secondary N) is 1. The first-order valence-corrected chi connectivity index (χ1v) is 8.11. The number of halogens is 3. The molecule has 1 fully saturated rings. The zero-order valence-corrected chi connectivity index (χ0v) is 14.0. The molecule has 0 saturated carbocycles. The Morgan fingerprint density at radius 2 is 2.08 bits per heavy atom. The fourth-order valence-electron chi connectivity index (χ4n) is 3.15. The van der Waals surface area contributed by atoms with Gasteiger partial charge in [0.2, 0.25) is 5.91 Å². The van der Waals surface area contributed by atoms with Gasteiger partial charge in [0.25, 0.3) is 0 Å². The van der Waals surface area contributed by atoms with E-state index >= 15 is 0 Å². The largest absolute Gasteiger partial charge is 0.416 e. The van der Waals surface area contributed by atoms with Crippen molar-refractivity contribution < 1.29 is 18.0 Å². The molecule has 1 heterocycles. The van der Waals surface area contributed by atoms with Crippen LogP contribution in [0.1, 0.15) is 30.9 Å². The molecule has 1 aromatic rings. The van der Waals surface area contributed by atoms with E-state index in [0.717, 1.165) is 25.5 Å². The number of allylic oxidation sites excluding steroid dienone is 1. The fourth-order valence-corrected chi connectivity index (χ4v) is 3.15. The highest BCUT2D eigenvalue weighted by atomic mass is 19.4. The predicted molar refractivity (Wildman–Crippen MR) is 88.3 cm³/mol. The van der Waals surface area contributed by atoms with Gasteiger partial charge >= 0.3 is 6.18 Å². The molecular weight excluding hydrogens is 317 g/mol. The zero-order chi connectivity index (χ0) is 17.7. The third kappa shape index (κ3) is 4.60. The van der Waals surface area contributed by atoms with Crippen LogP contribution in [0.4, 0.5) is 13.2 Å². The van der Waals surface area contributed by atoms with E-state index in [9.17, 15) is 18.0 Å². The SMILES string of the molecule is CNCC1CCCN(C(=O)/C=C(/C)c2ccccc2C(F)(F)F)C1. The van der Waals surface area contributed by atoms with Crippen LogP contribution < -0.4 is 5.32 Å². The van der Waals surface area contributed by atoms with Crippen molar-refractivity contribution in [3.8, 4) is 0 Å². The molecule has 1 unspecified atom stereocenters. The quantitative estimate of drug-likeness (QED) is 0.850. The number of nitrogens with zero attached hydrogens (tertiary/aromatic N) is 1. The average molecular weight is 340 g/mol. The average Bonchev–Trinajstić information content (AvgIpc) is 2.54. The molecule has 0 aromatic heterocycles. The van der Waals surface area contributed by atoms with Gasteiger partial charge < -0.3 is 10.2 Å². The van der Waals surface area contributed by atoms with Crippen LogP contribution in [0.2, 0.25) is 0 Å². The Labute approximate surface area is 140 Å². The second-order valence-corrected chi connectivity index (χ2v) is 6.22. The molecule has 0 spiro atoms. The summed E-state index contributed by atoms with van der Waals surface area (Å²) in [5.41, 5.74) is -0.316. The number of rotatable bonds is 4. The predicted octanol–water partition coefficient (Wildman–Crippen LogP) is 3.57. The summed E-state index contributed by atoms with van der Waals surface area (Å²) < 4.78 is 39.3. The molecule has 0 aliphatic carbocycles. The highest BCUT2D eigenvalue weighted by Crippen LogP contribution is 2.34. The molecule has 1 aliphatic rings. The summed E-state index contributed by atoms with van der Waals surface area (Å²) in [6, 6.07) is 5.35. The summed E-state index contributed by atoms with van der Waals surface area (Å²) in [4.78, 5) is 14.2. The molecule has 0 bridgehead atoms. The van der Waals surface area contributed by atoms with Gasteiger partial charge in [-0.05, 0) is 56.5 Å². The molecule has 0 radical (unpaired) electrons. The number of amides is 1. The standard InChI is InChI=1S/C18H23F3N2O/c1-13(15-7-3-4-8-16(15)18(19,20)21)10-17(24)23-9-5-6-14(12-23)11-22-2/h3-4,7-8,10,14,22H,5-6,9,11-12H2,1-2H3/b13-10-. The summed E-state index contributed by atoms with van der Waals surface area (Å²) in [5.74, 6) is 0.175. The van der Waals surface area contributed by atoms with Crippen LogP contribution in [-0.4, -0.2) is 37.5 Å². The van der Waals surface area contributed by atoms with Crippen molar-refractivity contribution >= 4 is 11.5 Å². The minimum absolute atomic E-state index is 0.0575. The lowest BCUT2D eigenvalue weighted by atomic mass is 9.97. The first-order valence-electron chi connectivity index (χ1n) is 8.11. The van der Waals surface area contributed by atoms with E-state index in [0.29, 0.717) is 24.6 Å². The lowest BCUT2D eigenvalue weighted by molar-refractivity contribution is -0.137. The summed E-state index contributed by atoms with van der Waals surface area (Å²) in [6.45, 7) is 3.69. The molecule has 3 nitrogen and oxygen atoms in total. The van der Waals surface area contributed by atoms with Gasteiger partial charge in [0, 0.05) is 19.2 Å². The van der Waals surface area contributed by atoms with Crippen molar-refractivity contribution in [1.82, 2.24) is 10.2 Å². The molecule has 1 N–H and O–H groups in total. The van der Waals surface area contributed by atoms with E-state index in [4.69, 9.17) is 0 Å². The van der Waals surface area contributed by atoms with Crippen LogP contribution >= 0.6 is 0 Å². The van der Waals surface area contributed by atoms with Crippen LogP contribution in [0.15, 0.2) is 30.3 Å². The van der Waals surface area contributed by atoms with Gasteiger partial charge in [0.05, 0.1) is 5.56 Å².